The minimum atomic E-state index is -1.02. The molecule has 0 radical (unpaired) electrons. The standard InChI is InChI=1S/C12H7BrN4O2/c13-7-4-8(6-14-5-7)17-11-9(12(18)19)2-1-3-10(11)15-16-17/h1-6H,(H,18,19). The molecule has 94 valence electrons. The fourth-order valence-electron chi connectivity index (χ4n) is 1.84. The number of fused-ring (bicyclic) bond motifs is 1. The van der Waals surface area contributed by atoms with Gasteiger partial charge in [0.25, 0.3) is 0 Å². The molecule has 2 heterocycles. The first kappa shape index (κ1) is 11.8. The van der Waals surface area contributed by atoms with E-state index >= 15 is 0 Å². The largest absolute Gasteiger partial charge is 0.478 e. The minimum Gasteiger partial charge on any atom is -0.478 e. The Balaban J connectivity index is 2.33. The number of carboxylic acids is 1. The van der Waals surface area contributed by atoms with Crippen LogP contribution in [0.15, 0.2) is 41.1 Å². The van der Waals surface area contributed by atoms with Crippen molar-refractivity contribution in [2.24, 2.45) is 0 Å². The van der Waals surface area contributed by atoms with Crippen LogP contribution in [0.5, 0.6) is 0 Å². The number of aromatic nitrogens is 4. The number of halogens is 1. The molecule has 0 saturated heterocycles. The summed E-state index contributed by atoms with van der Waals surface area (Å²) in [5, 5.41) is 17.2. The first-order valence-corrected chi connectivity index (χ1v) is 6.15. The van der Waals surface area contributed by atoms with E-state index in [1.807, 2.05) is 0 Å². The number of carboxylic acid groups (broad SMARTS) is 1. The molecule has 0 bridgehead atoms. The van der Waals surface area contributed by atoms with Crippen LogP contribution in [0.3, 0.4) is 0 Å². The van der Waals surface area contributed by atoms with Gasteiger partial charge >= 0.3 is 5.97 Å². The second-order valence-corrected chi connectivity index (χ2v) is 4.76. The Hall–Kier alpha value is -2.28. The van der Waals surface area contributed by atoms with Crippen molar-refractivity contribution in [1.82, 2.24) is 20.0 Å². The molecule has 0 aliphatic carbocycles. The summed E-state index contributed by atoms with van der Waals surface area (Å²) in [6.45, 7) is 0. The van der Waals surface area contributed by atoms with E-state index in [1.54, 1.807) is 30.6 Å². The Morgan fingerprint density at radius 3 is 2.89 bits per heavy atom. The quantitative estimate of drug-likeness (QED) is 0.784. The summed E-state index contributed by atoms with van der Waals surface area (Å²) in [6, 6.07) is 6.68. The van der Waals surface area contributed by atoms with Crippen molar-refractivity contribution in [3.8, 4) is 5.69 Å². The summed E-state index contributed by atoms with van der Waals surface area (Å²) < 4.78 is 2.25. The highest BCUT2D eigenvalue weighted by Crippen LogP contribution is 2.21. The molecule has 3 rings (SSSR count). The van der Waals surface area contributed by atoms with E-state index in [-0.39, 0.29) is 5.56 Å². The van der Waals surface area contributed by atoms with Crippen molar-refractivity contribution >= 4 is 32.9 Å². The lowest BCUT2D eigenvalue weighted by Crippen LogP contribution is -2.03. The maximum Gasteiger partial charge on any atom is 0.337 e. The lowest BCUT2D eigenvalue weighted by atomic mass is 10.2. The summed E-state index contributed by atoms with van der Waals surface area (Å²) in [7, 11) is 0. The van der Waals surface area contributed by atoms with Gasteiger partial charge in [-0.3, -0.25) is 4.98 Å². The van der Waals surface area contributed by atoms with Crippen molar-refractivity contribution in [1.29, 1.82) is 0 Å². The number of pyridine rings is 1. The van der Waals surface area contributed by atoms with E-state index < -0.39 is 5.97 Å². The van der Waals surface area contributed by atoms with E-state index in [1.165, 1.54) is 10.7 Å². The zero-order chi connectivity index (χ0) is 13.4. The number of hydrogen-bond acceptors (Lipinski definition) is 4. The van der Waals surface area contributed by atoms with Gasteiger partial charge in [0.1, 0.15) is 11.0 Å². The molecule has 0 atom stereocenters. The summed E-state index contributed by atoms with van der Waals surface area (Å²) in [6.07, 6.45) is 3.23. The lowest BCUT2D eigenvalue weighted by Gasteiger charge is -2.04. The summed E-state index contributed by atoms with van der Waals surface area (Å²) in [4.78, 5) is 15.3. The van der Waals surface area contributed by atoms with Crippen LogP contribution in [0.1, 0.15) is 10.4 Å². The normalized spacial score (nSPS) is 10.8. The van der Waals surface area contributed by atoms with E-state index in [9.17, 15) is 9.90 Å². The number of para-hydroxylation sites is 1. The van der Waals surface area contributed by atoms with Crippen molar-refractivity contribution < 1.29 is 9.90 Å². The van der Waals surface area contributed by atoms with Crippen molar-refractivity contribution in [3.05, 3.63) is 46.7 Å². The Labute approximate surface area is 115 Å². The molecule has 0 aliphatic rings. The Morgan fingerprint density at radius 2 is 2.16 bits per heavy atom. The molecule has 0 spiro atoms. The topological polar surface area (TPSA) is 80.9 Å². The van der Waals surface area contributed by atoms with Crippen LogP contribution >= 0.6 is 15.9 Å². The van der Waals surface area contributed by atoms with Crippen molar-refractivity contribution in [2.75, 3.05) is 0 Å². The van der Waals surface area contributed by atoms with Crippen LogP contribution in [0.25, 0.3) is 16.7 Å². The number of rotatable bonds is 2. The zero-order valence-electron chi connectivity index (χ0n) is 9.49. The lowest BCUT2D eigenvalue weighted by molar-refractivity contribution is 0.0698. The van der Waals surface area contributed by atoms with Gasteiger partial charge < -0.3 is 5.11 Å². The summed E-state index contributed by atoms with van der Waals surface area (Å²) in [5.41, 5.74) is 1.78. The van der Waals surface area contributed by atoms with Crippen LogP contribution in [-0.4, -0.2) is 31.1 Å². The zero-order valence-corrected chi connectivity index (χ0v) is 11.1. The Kier molecular flexibility index (Phi) is 2.75. The molecule has 6 nitrogen and oxygen atoms in total. The van der Waals surface area contributed by atoms with Gasteiger partial charge in [-0.2, -0.15) is 0 Å². The number of carbonyl (C=O) groups is 1. The molecule has 0 fully saturated rings. The first-order valence-electron chi connectivity index (χ1n) is 5.35. The molecule has 0 unspecified atom stereocenters. The molecule has 0 amide bonds. The molecule has 1 N–H and O–H groups in total. The molecule has 7 heteroatoms. The molecule has 0 aliphatic heterocycles. The number of hydrogen-bond donors (Lipinski definition) is 1. The maximum absolute atomic E-state index is 11.3. The maximum atomic E-state index is 11.3. The van der Waals surface area contributed by atoms with Gasteiger partial charge in [-0.05, 0) is 34.1 Å². The van der Waals surface area contributed by atoms with Crippen LogP contribution in [-0.2, 0) is 0 Å². The van der Waals surface area contributed by atoms with E-state index in [0.717, 1.165) is 4.47 Å². The third-order valence-electron chi connectivity index (χ3n) is 2.63. The van der Waals surface area contributed by atoms with Gasteiger partial charge in [0.2, 0.25) is 0 Å². The smallest absolute Gasteiger partial charge is 0.337 e. The van der Waals surface area contributed by atoms with Gasteiger partial charge in [0.05, 0.1) is 17.4 Å². The van der Waals surface area contributed by atoms with Crippen LogP contribution < -0.4 is 0 Å². The van der Waals surface area contributed by atoms with Crippen molar-refractivity contribution in [3.63, 3.8) is 0 Å². The van der Waals surface area contributed by atoms with E-state index in [2.05, 4.69) is 31.2 Å². The second-order valence-electron chi connectivity index (χ2n) is 3.84. The summed E-state index contributed by atoms with van der Waals surface area (Å²) in [5.74, 6) is -1.02. The summed E-state index contributed by atoms with van der Waals surface area (Å²) >= 11 is 3.32. The molecule has 0 saturated carbocycles. The highest BCUT2D eigenvalue weighted by molar-refractivity contribution is 9.10. The second kappa shape index (κ2) is 4.43. The van der Waals surface area contributed by atoms with Gasteiger partial charge in [0, 0.05) is 10.7 Å². The van der Waals surface area contributed by atoms with Gasteiger partial charge in [-0.15, -0.1) is 5.10 Å². The Bertz CT molecular complexity index is 784. The Morgan fingerprint density at radius 1 is 1.32 bits per heavy atom. The monoisotopic (exact) mass is 318 g/mol. The molecular weight excluding hydrogens is 312 g/mol. The molecule has 2 aromatic heterocycles. The average molecular weight is 319 g/mol. The van der Waals surface area contributed by atoms with Crippen LogP contribution in [0.4, 0.5) is 0 Å². The van der Waals surface area contributed by atoms with Gasteiger partial charge in [-0.25, -0.2) is 9.48 Å². The third kappa shape index (κ3) is 1.97. The first-order chi connectivity index (χ1) is 9.16. The number of nitrogens with zero attached hydrogens (tertiary/aromatic N) is 4. The molecular formula is C12H7BrN4O2. The highest BCUT2D eigenvalue weighted by atomic mass is 79.9. The third-order valence-corrected chi connectivity index (χ3v) is 3.07. The minimum absolute atomic E-state index is 0.155. The van der Waals surface area contributed by atoms with E-state index in [4.69, 9.17) is 0 Å². The average Bonchev–Trinajstić information content (AvgIpc) is 2.82. The fraction of sp³-hybridized carbons (Fsp3) is 0. The predicted molar refractivity (Wildman–Crippen MR) is 71.3 cm³/mol. The fourth-order valence-corrected chi connectivity index (χ4v) is 2.19. The number of benzene rings is 1. The van der Waals surface area contributed by atoms with Crippen LogP contribution in [0.2, 0.25) is 0 Å². The van der Waals surface area contributed by atoms with Crippen LogP contribution in [0, 0.1) is 0 Å². The number of aromatic carboxylic acids is 1. The van der Waals surface area contributed by atoms with Crippen molar-refractivity contribution in [2.45, 2.75) is 0 Å². The van der Waals surface area contributed by atoms with Gasteiger partial charge in [0.15, 0.2) is 0 Å². The highest BCUT2D eigenvalue weighted by Gasteiger charge is 2.15. The van der Waals surface area contributed by atoms with Gasteiger partial charge in [-0.1, -0.05) is 11.3 Å². The predicted octanol–water partition coefficient (Wildman–Crippen LogP) is 2.28. The SMILES string of the molecule is O=C(O)c1cccc2nnn(-c3cncc(Br)c3)c12. The molecule has 19 heavy (non-hydrogen) atoms. The molecule has 1 aromatic carbocycles. The molecule has 3 aromatic rings. The van der Waals surface area contributed by atoms with E-state index in [0.29, 0.717) is 16.7 Å².